The van der Waals surface area contributed by atoms with E-state index in [1.54, 1.807) is 43.1 Å². The molecule has 0 unspecified atom stereocenters. The van der Waals surface area contributed by atoms with E-state index >= 15 is 0 Å². The number of nitrogens with zero attached hydrogens (tertiary/aromatic N) is 5. The zero-order valence-electron chi connectivity index (χ0n) is 19.2. The molecule has 0 saturated heterocycles. The van der Waals surface area contributed by atoms with Gasteiger partial charge in [-0.2, -0.15) is 10.1 Å². The summed E-state index contributed by atoms with van der Waals surface area (Å²) in [5.74, 6) is 0.253. The zero-order valence-corrected chi connectivity index (χ0v) is 19.2. The minimum absolute atomic E-state index is 0.149. The lowest BCUT2D eigenvalue weighted by Crippen LogP contribution is -2.40. The zero-order chi connectivity index (χ0) is 23.6. The summed E-state index contributed by atoms with van der Waals surface area (Å²) in [6.45, 7) is 3.95. The van der Waals surface area contributed by atoms with E-state index in [1.165, 1.54) is 0 Å². The monoisotopic (exact) mass is 447 g/mol. The fourth-order valence-corrected chi connectivity index (χ4v) is 4.01. The maximum atomic E-state index is 13.1. The smallest absolute Gasteiger partial charge is 0.278 e. The lowest BCUT2D eigenvalue weighted by Gasteiger charge is -2.28. The Morgan fingerprint density at radius 3 is 2.76 bits per heavy atom. The van der Waals surface area contributed by atoms with Crippen molar-refractivity contribution in [2.45, 2.75) is 38.7 Å². The van der Waals surface area contributed by atoms with E-state index < -0.39 is 5.60 Å². The lowest BCUT2D eigenvalue weighted by atomic mass is 10.0. The van der Waals surface area contributed by atoms with E-state index in [4.69, 9.17) is 5.11 Å². The summed E-state index contributed by atoms with van der Waals surface area (Å²) in [7, 11) is 1.83. The van der Waals surface area contributed by atoms with E-state index in [-0.39, 0.29) is 12.5 Å². The van der Waals surface area contributed by atoms with Crippen molar-refractivity contribution in [2.24, 2.45) is 12.0 Å². The van der Waals surface area contributed by atoms with Crippen LogP contribution < -0.4 is 4.90 Å². The number of carbonyl (C=O) groups excluding carboxylic acids is 1. The summed E-state index contributed by atoms with van der Waals surface area (Å²) in [5.41, 5.74) is 4.10. The first kappa shape index (κ1) is 22.8. The van der Waals surface area contributed by atoms with Crippen LogP contribution in [0.5, 0.6) is 0 Å². The standard InChI is InChI=1S/C25H29N5O3/c1-25(2,33)16-30-22-7-6-17(5-4-10-31)11-19(22)13-23(30)28-24(32)18-8-9-26-21(12-18)20-14-27-29(3)15-20/h6-9,11-12,14-15,31,33H,4-5,10,13,16H2,1-3H3. The minimum Gasteiger partial charge on any atom is -0.396 e. The number of anilines is 1. The molecular weight excluding hydrogens is 418 g/mol. The molecular formula is C25H29N5O3. The first-order valence-corrected chi connectivity index (χ1v) is 11.0. The number of hydrogen-bond acceptors (Lipinski definition) is 5. The molecule has 0 atom stereocenters. The summed E-state index contributed by atoms with van der Waals surface area (Å²) in [5, 5.41) is 23.8. The Morgan fingerprint density at radius 2 is 2.06 bits per heavy atom. The van der Waals surface area contributed by atoms with Crippen molar-refractivity contribution in [3.05, 3.63) is 65.6 Å². The number of β-amino-alcohol motifs (C(OH)–C–C–N with tert-alkyl or cyclic N) is 1. The summed E-state index contributed by atoms with van der Waals surface area (Å²) in [6, 6.07) is 9.51. The van der Waals surface area contributed by atoms with Gasteiger partial charge in [-0.1, -0.05) is 12.1 Å². The summed E-state index contributed by atoms with van der Waals surface area (Å²) in [6.07, 6.45) is 7.14. The highest BCUT2D eigenvalue weighted by Crippen LogP contribution is 2.32. The predicted octanol–water partition coefficient (Wildman–Crippen LogP) is 2.78. The van der Waals surface area contributed by atoms with Gasteiger partial charge in [0.1, 0.15) is 5.84 Å². The molecule has 1 aromatic carbocycles. The third-order valence-corrected chi connectivity index (χ3v) is 5.50. The summed E-state index contributed by atoms with van der Waals surface area (Å²) < 4.78 is 1.69. The molecule has 0 radical (unpaired) electrons. The second-order valence-electron chi connectivity index (χ2n) is 9.03. The molecule has 1 amide bonds. The van der Waals surface area contributed by atoms with Crippen LogP contribution in [0.3, 0.4) is 0 Å². The first-order valence-electron chi connectivity index (χ1n) is 11.0. The highest BCUT2D eigenvalue weighted by atomic mass is 16.3. The van der Waals surface area contributed by atoms with Gasteiger partial charge in [-0.25, -0.2) is 0 Å². The number of amides is 1. The van der Waals surface area contributed by atoms with Gasteiger partial charge in [-0.05, 0) is 56.0 Å². The molecule has 1 aliphatic heterocycles. The topological polar surface area (TPSA) is 104 Å². The van der Waals surface area contributed by atoms with E-state index in [2.05, 4.69) is 21.1 Å². The fraction of sp³-hybridized carbons (Fsp3) is 0.360. The second-order valence-corrected chi connectivity index (χ2v) is 9.03. The third kappa shape index (κ3) is 5.35. The SMILES string of the molecule is Cn1cc(-c2cc(C(=O)N=C3Cc4cc(CCCO)ccc4N3CC(C)(C)O)ccn2)cn1. The molecule has 0 aliphatic carbocycles. The number of rotatable bonds is 7. The van der Waals surface area contributed by atoms with Crippen molar-refractivity contribution in [3.8, 4) is 11.3 Å². The van der Waals surface area contributed by atoms with Crippen LogP contribution in [0.25, 0.3) is 11.3 Å². The number of carbonyl (C=O) groups is 1. The van der Waals surface area contributed by atoms with Crippen LogP contribution in [0.4, 0.5) is 5.69 Å². The molecule has 33 heavy (non-hydrogen) atoms. The van der Waals surface area contributed by atoms with Crippen LogP contribution in [-0.4, -0.2) is 55.5 Å². The van der Waals surface area contributed by atoms with Crippen molar-refractivity contribution in [1.82, 2.24) is 14.8 Å². The Hall–Kier alpha value is -3.36. The van der Waals surface area contributed by atoms with E-state index in [9.17, 15) is 9.90 Å². The average Bonchev–Trinajstić information content (AvgIpc) is 3.34. The van der Waals surface area contributed by atoms with Gasteiger partial charge in [0.25, 0.3) is 5.91 Å². The molecule has 4 rings (SSSR count). The van der Waals surface area contributed by atoms with Gasteiger partial charge in [0.15, 0.2) is 0 Å². The van der Waals surface area contributed by atoms with Gasteiger partial charge in [-0.15, -0.1) is 0 Å². The van der Waals surface area contributed by atoms with Crippen molar-refractivity contribution in [1.29, 1.82) is 0 Å². The Balaban J connectivity index is 1.64. The lowest BCUT2D eigenvalue weighted by molar-refractivity contribution is 0.0901. The normalized spacial score (nSPS) is 14.7. The molecule has 2 N–H and O–H groups in total. The number of aryl methyl sites for hydroxylation is 2. The van der Waals surface area contributed by atoms with E-state index in [0.717, 1.165) is 28.8 Å². The van der Waals surface area contributed by atoms with Crippen LogP contribution in [0.15, 0.2) is 53.9 Å². The number of aliphatic hydroxyl groups excluding tert-OH is 1. The maximum absolute atomic E-state index is 13.1. The number of amidine groups is 1. The molecule has 0 fully saturated rings. The second kappa shape index (κ2) is 9.25. The molecule has 1 aliphatic rings. The van der Waals surface area contributed by atoms with Crippen molar-refractivity contribution < 1.29 is 15.0 Å². The number of aliphatic hydroxyl groups is 2. The summed E-state index contributed by atoms with van der Waals surface area (Å²) in [4.78, 5) is 23.8. The van der Waals surface area contributed by atoms with Crippen molar-refractivity contribution >= 4 is 17.4 Å². The van der Waals surface area contributed by atoms with Crippen LogP contribution >= 0.6 is 0 Å². The highest BCUT2D eigenvalue weighted by molar-refractivity contribution is 6.12. The minimum atomic E-state index is -0.967. The molecule has 2 aromatic heterocycles. The number of pyridine rings is 1. The maximum Gasteiger partial charge on any atom is 0.278 e. The molecule has 8 nitrogen and oxygen atoms in total. The fourth-order valence-electron chi connectivity index (χ4n) is 4.01. The van der Waals surface area contributed by atoms with Crippen LogP contribution in [-0.2, 0) is 19.9 Å². The van der Waals surface area contributed by atoms with Gasteiger partial charge >= 0.3 is 0 Å². The summed E-state index contributed by atoms with van der Waals surface area (Å²) >= 11 is 0. The van der Waals surface area contributed by atoms with Crippen molar-refractivity contribution in [2.75, 3.05) is 18.1 Å². The number of aromatic nitrogens is 3. The van der Waals surface area contributed by atoms with Gasteiger partial charge < -0.3 is 15.1 Å². The quantitative estimate of drug-likeness (QED) is 0.577. The Bertz CT molecular complexity index is 1190. The van der Waals surface area contributed by atoms with Crippen LogP contribution in [0.1, 0.15) is 41.8 Å². The highest BCUT2D eigenvalue weighted by Gasteiger charge is 2.30. The van der Waals surface area contributed by atoms with Gasteiger partial charge in [0, 0.05) is 49.3 Å². The van der Waals surface area contributed by atoms with E-state index in [1.807, 2.05) is 30.3 Å². The Labute approximate surface area is 193 Å². The Morgan fingerprint density at radius 1 is 1.24 bits per heavy atom. The largest absolute Gasteiger partial charge is 0.396 e. The first-order chi connectivity index (χ1) is 15.7. The number of fused-ring (bicyclic) bond motifs is 1. The van der Waals surface area contributed by atoms with Gasteiger partial charge in [0.05, 0.1) is 24.0 Å². The molecule has 0 saturated carbocycles. The predicted molar refractivity (Wildman–Crippen MR) is 127 cm³/mol. The van der Waals surface area contributed by atoms with E-state index in [0.29, 0.717) is 36.5 Å². The number of hydrogen-bond donors (Lipinski definition) is 2. The third-order valence-electron chi connectivity index (χ3n) is 5.50. The van der Waals surface area contributed by atoms with Gasteiger partial charge in [-0.3, -0.25) is 14.5 Å². The molecule has 0 bridgehead atoms. The molecule has 3 aromatic rings. The van der Waals surface area contributed by atoms with Crippen LogP contribution in [0, 0.1) is 0 Å². The average molecular weight is 448 g/mol. The number of benzene rings is 1. The molecule has 0 spiro atoms. The number of aliphatic imine (C=N–C) groups is 1. The molecule has 8 heteroatoms. The van der Waals surface area contributed by atoms with Crippen molar-refractivity contribution in [3.63, 3.8) is 0 Å². The Kier molecular flexibility index (Phi) is 6.40. The van der Waals surface area contributed by atoms with Crippen LogP contribution in [0.2, 0.25) is 0 Å². The molecule has 172 valence electrons. The molecule has 3 heterocycles. The van der Waals surface area contributed by atoms with Gasteiger partial charge in [0.2, 0.25) is 0 Å².